The topological polar surface area (TPSA) is 122 Å². The molecule has 0 aromatic heterocycles. The number of nitrogens with zero attached hydrogens (tertiary/aromatic N) is 1. The van der Waals surface area contributed by atoms with E-state index in [0.717, 1.165) is 11.1 Å². The number of ether oxygens (including phenoxy) is 2. The van der Waals surface area contributed by atoms with Crippen LogP contribution in [0.5, 0.6) is 5.75 Å². The highest BCUT2D eigenvalue weighted by Crippen LogP contribution is 2.43. The van der Waals surface area contributed by atoms with Gasteiger partial charge in [0.1, 0.15) is 5.75 Å². The van der Waals surface area contributed by atoms with Crippen molar-refractivity contribution in [1.29, 1.82) is 0 Å². The lowest BCUT2D eigenvalue weighted by Crippen LogP contribution is -2.42. The van der Waals surface area contributed by atoms with E-state index < -0.39 is 33.2 Å². The van der Waals surface area contributed by atoms with Gasteiger partial charge in [-0.2, -0.15) is 0 Å². The highest BCUT2D eigenvalue weighted by molar-refractivity contribution is 7.91. The van der Waals surface area contributed by atoms with Crippen LogP contribution in [0.3, 0.4) is 0 Å². The van der Waals surface area contributed by atoms with Crippen molar-refractivity contribution in [2.45, 2.75) is 29.4 Å². The molecule has 9 heteroatoms. The summed E-state index contributed by atoms with van der Waals surface area (Å²) in [5, 5.41) is 19.6. The van der Waals surface area contributed by atoms with Gasteiger partial charge in [0.2, 0.25) is 11.4 Å². The van der Waals surface area contributed by atoms with E-state index in [1.807, 2.05) is 42.5 Å². The minimum atomic E-state index is -3.79. The lowest BCUT2D eigenvalue weighted by Gasteiger charge is -2.28. The number of aliphatic hydroxyl groups excluding tert-OH is 1. The second-order valence-electron chi connectivity index (χ2n) is 9.96. The fraction of sp³-hybridized carbons (Fsp3) is 0.212. The highest BCUT2D eigenvalue weighted by atomic mass is 32.2. The van der Waals surface area contributed by atoms with Gasteiger partial charge in [-0.05, 0) is 53.1 Å². The van der Waals surface area contributed by atoms with Gasteiger partial charge in [0, 0.05) is 25.0 Å². The van der Waals surface area contributed by atoms with Gasteiger partial charge in [0.15, 0.2) is 15.9 Å². The number of hydrogen-bond acceptors (Lipinski definition) is 7. The van der Waals surface area contributed by atoms with Crippen LogP contribution in [0.2, 0.25) is 0 Å². The number of carboxylic acids is 1. The molecule has 0 radical (unpaired) electrons. The SMILES string of the molecule is O=C(O)[C@]1(CCS(=O)(=O)c2ccccc2)N=C(c2ccc(OCCCO)cc2)O[C@@H]1c1ccc(-c2ccccc2)cc1. The third-order valence-corrected chi connectivity index (χ3v) is 8.91. The Balaban J connectivity index is 1.49. The van der Waals surface area contributed by atoms with Crippen LogP contribution >= 0.6 is 0 Å². The fourth-order valence-electron chi connectivity index (χ4n) is 4.87. The Labute approximate surface area is 244 Å². The summed E-state index contributed by atoms with van der Waals surface area (Å²) in [6.45, 7) is 0.375. The second kappa shape index (κ2) is 12.6. The van der Waals surface area contributed by atoms with Gasteiger partial charge in [0.05, 0.1) is 17.3 Å². The van der Waals surface area contributed by atoms with Crippen LogP contribution in [-0.4, -0.2) is 55.0 Å². The number of rotatable bonds is 12. The Bertz CT molecular complexity index is 1640. The van der Waals surface area contributed by atoms with E-state index in [4.69, 9.17) is 14.6 Å². The minimum Gasteiger partial charge on any atom is -0.494 e. The van der Waals surface area contributed by atoms with Crippen LogP contribution in [0.1, 0.15) is 30.1 Å². The molecule has 2 N–H and O–H groups in total. The molecule has 8 nitrogen and oxygen atoms in total. The van der Waals surface area contributed by atoms with Crippen molar-refractivity contribution in [3.63, 3.8) is 0 Å². The molecule has 4 aromatic rings. The summed E-state index contributed by atoms with van der Waals surface area (Å²) in [6.07, 6.45) is -0.868. The van der Waals surface area contributed by atoms with Gasteiger partial charge in [0.25, 0.3) is 0 Å². The Morgan fingerprint density at radius 1 is 0.833 bits per heavy atom. The molecule has 4 aromatic carbocycles. The molecule has 0 bridgehead atoms. The van der Waals surface area contributed by atoms with Crippen LogP contribution in [-0.2, 0) is 19.4 Å². The molecule has 0 aliphatic carbocycles. The third kappa shape index (κ3) is 6.22. The Morgan fingerprint density at radius 2 is 1.43 bits per heavy atom. The molecule has 216 valence electrons. The van der Waals surface area contributed by atoms with Crippen molar-refractivity contribution in [3.05, 3.63) is 120 Å². The quantitative estimate of drug-likeness (QED) is 0.216. The average Bonchev–Trinajstić information content (AvgIpc) is 3.43. The molecular formula is C33H31NO7S. The van der Waals surface area contributed by atoms with Gasteiger partial charge in [-0.1, -0.05) is 72.8 Å². The van der Waals surface area contributed by atoms with Crippen molar-refractivity contribution < 1.29 is 32.9 Å². The predicted octanol–water partition coefficient (Wildman–Crippen LogP) is 5.32. The minimum absolute atomic E-state index is 0.0215. The average molecular weight is 586 g/mol. The first-order chi connectivity index (χ1) is 20.3. The summed E-state index contributed by atoms with van der Waals surface area (Å²) in [4.78, 5) is 17.7. The Kier molecular flexibility index (Phi) is 8.70. The lowest BCUT2D eigenvalue weighted by molar-refractivity contribution is -0.146. The molecular weight excluding hydrogens is 554 g/mol. The van der Waals surface area contributed by atoms with E-state index in [9.17, 15) is 18.3 Å². The number of aliphatic carboxylic acids is 1. The number of carbonyl (C=O) groups is 1. The van der Waals surface area contributed by atoms with Gasteiger partial charge in [-0.25, -0.2) is 18.2 Å². The first kappa shape index (κ1) is 29.0. The smallest absolute Gasteiger partial charge is 0.336 e. The summed E-state index contributed by atoms with van der Waals surface area (Å²) < 4.78 is 38.2. The highest BCUT2D eigenvalue weighted by Gasteiger charge is 2.54. The maximum atomic E-state index is 13.2. The predicted molar refractivity (Wildman–Crippen MR) is 159 cm³/mol. The fourth-order valence-corrected chi connectivity index (χ4v) is 6.26. The van der Waals surface area contributed by atoms with Crippen molar-refractivity contribution >= 4 is 21.7 Å². The molecule has 1 heterocycles. The summed E-state index contributed by atoms with van der Waals surface area (Å²) in [5.74, 6) is -1.02. The number of aliphatic imine (C=N–C) groups is 1. The Morgan fingerprint density at radius 3 is 2.05 bits per heavy atom. The molecule has 42 heavy (non-hydrogen) atoms. The number of benzene rings is 4. The maximum Gasteiger partial charge on any atom is 0.336 e. The first-order valence-corrected chi connectivity index (χ1v) is 15.2. The second-order valence-corrected chi connectivity index (χ2v) is 12.1. The van der Waals surface area contributed by atoms with E-state index in [1.165, 1.54) is 12.1 Å². The lowest BCUT2D eigenvalue weighted by atomic mass is 9.85. The van der Waals surface area contributed by atoms with Crippen molar-refractivity contribution in [2.24, 2.45) is 4.99 Å². The van der Waals surface area contributed by atoms with Crippen LogP contribution in [0.25, 0.3) is 11.1 Å². The van der Waals surface area contributed by atoms with Gasteiger partial charge >= 0.3 is 5.97 Å². The summed E-state index contributed by atoms with van der Waals surface area (Å²) in [6, 6.07) is 31.9. The van der Waals surface area contributed by atoms with Crippen molar-refractivity contribution in [1.82, 2.24) is 0 Å². The van der Waals surface area contributed by atoms with Crippen molar-refractivity contribution in [3.8, 4) is 16.9 Å². The zero-order valence-electron chi connectivity index (χ0n) is 22.8. The third-order valence-electron chi connectivity index (χ3n) is 7.18. The molecule has 1 aliphatic heterocycles. The van der Waals surface area contributed by atoms with Gasteiger partial charge in [-0.15, -0.1) is 0 Å². The maximum absolute atomic E-state index is 13.2. The normalized spacial score (nSPS) is 18.2. The van der Waals surface area contributed by atoms with Gasteiger partial charge in [-0.3, -0.25) is 0 Å². The largest absolute Gasteiger partial charge is 0.494 e. The van der Waals surface area contributed by atoms with Crippen LogP contribution in [0, 0.1) is 0 Å². The van der Waals surface area contributed by atoms with Gasteiger partial charge < -0.3 is 19.7 Å². The van der Waals surface area contributed by atoms with E-state index in [1.54, 1.807) is 54.6 Å². The zero-order valence-corrected chi connectivity index (χ0v) is 23.6. The molecule has 0 fully saturated rings. The number of carboxylic acid groups (broad SMARTS) is 1. The Hall–Kier alpha value is -4.47. The van der Waals surface area contributed by atoms with E-state index in [0.29, 0.717) is 29.9 Å². The number of sulfone groups is 1. The standard InChI is InChI=1S/C33H31NO7S/c35-21-7-22-40-28-18-16-27(17-19-28)31-34-33(32(36)37,20-23-42(38,39)29-10-5-2-6-11-29)30(41-31)26-14-12-25(13-15-26)24-8-3-1-4-9-24/h1-6,8-19,30,35H,7,20-23H2,(H,36,37)/t30-,33-/m1/s1. The summed E-state index contributed by atoms with van der Waals surface area (Å²) in [5.41, 5.74) is 1.17. The van der Waals surface area contributed by atoms with E-state index >= 15 is 0 Å². The summed E-state index contributed by atoms with van der Waals surface area (Å²) in [7, 11) is -3.79. The molecule has 0 saturated carbocycles. The monoisotopic (exact) mass is 585 g/mol. The van der Waals surface area contributed by atoms with Crippen LogP contribution < -0.4 is 4.74 Å². The van der Waals surface area contributed by atoms with E-state index in [-0.39, 0.29) is 23.8 Å². The molecule has 1 aliphatic rings. The number of aliphatic hydroxyl groups is 1. The molecule has 0 unspecified atom stereocenters. The first-order valence-electron chi connectivity index (χ1n) is 13.6. The molecule has 2 atom stereocenters. The molecule has 0 amide bonds. The van der Waals surface area contributed by atoms with Crippen molar-refractivity contribution in [2.75, 3.05) is 19.0 Å². The summed E-state index contributed by atoms with van der Waals surface area (Å²) >= 11 is 0. The number of hydrogen-bond donors (Lipinski definition) is 2. The van der Waals surface area contributed by atoms with Crippen LogP contribution in [0.15, 0.2) is 119 Å². The zero-order chi connectivity index (χ0) is 29.6. The molecule has 0 saturated heterocycles. The molecule has 5 rings (SSSR count). The van der Waals surface area contributed by atoms with Crippen LogP contribution in [0.4, 0.5) is 0 Å². The molecule has 0 spiro atoms. The van der Waals surface area contributed by atoms with E-state index in [2.05, 4.69) is 4.99 Å².